The number of benzene rings is 1. The van der Waals surface area contributed by atoms with Gasteiger partial charge in [0.25, 0.3) is 0 Å². The predicted molar refractivity (Wildman–Crippen MR) is 101 cm³/mol. The van der Waals surface area contributed by atoms with Crippen molar-refractivity contribution >= 4 is 34.4 Å². The molecule has 0 bridgehead atoms. The minimum Gasteiger partial charge on any atom is -0.360 e. The lowest BCUT2D eigenvalue weighted by molar-refractivity contribution is 0.303. The number of anilines is 1. The van der Waals surface area contributed by atoms with Crippen molar-refractivity contribution in [3.63, 3.8) is 0 Å². The Morgan fingerprint density at radius 2 is 2.00 bits per heavy atom. The van der Waals surface area contributed by atoms with Crippen molar-refractivity contribution in [1.29, 1.82) is 0 Å². The van der Waals surface area contributed by atoms with Crippen LogP contribution in [0.5, 0.6) is 0 Å². The fourth-order valence-corrected chi connectivity index (χ4v) is 3.38. The Hall–Kier alpha value is -1.43. The molecule has 2 rings (SSSR count). The third kappa shape index (κ3) is 4.29. The maximum absolute atomic E-state index is 5.44. The highest BCUT2D eigenvalue weighted by Gasteiger charge is 2.15. The van der Waals surface area contributed by atoms with Gasteiger partial charge in [-0.3, -0.25) is 0 Å². The lowest BCUT2D eigenvalue weighted by atomic mass is 10.1. The fourth-order valence-electron chi connectivity index (χ4n) is 2.26. The van der Waals surface area contributed by atoms with Crippen LogP contribution < -0.4 is 10.6 Å². The summed E-state index contributed by atoms with van der Waals surface area (Å²) in [6.45, 7) is 4.99. The maximum Gasteiger partial charge on any atom is 0.170 e. The van der Waals surface area contributed by atoms with E-state index < -0.39 is 0 Å². The first kappa shape index (κ1) is 16.9. The van der Waals surface area contributed by atoms with E-state index in [1.165, 1.54) is 16.0 Å². The van der Waals surface area contributed by atoms with Crippen molar-refractivity contribution in [2.75, 3.05) is 26.0 Å². The molecule has 0 spiro atoms. The number of rotatable bonds is 5. The molecule has 22 heavy (non-hydrogen) atoms. The minimum absolute atomic E-state index is 0.318. The Balaban J connectivity index is 1.96. The number of thiophene rings is 1. The normalized spacial score (nSPS) is 12.2. The molecule has 0 fully saturated rings. The van der Waals surface area contributed by atoms with Crippen LogP contribution in [0.25, 0.3) is 0 Å². The van der Waals surface area contributed by atoms with Crippen molar-refractivity contribution in [2.24, 2.45) is 0 Å². The first-order valence-electron chi connectivity index (χ1n) is 7.30. The molecule has 1 aromatic heterocycles. The lowest BCUT2D eigenvalue weighted by Gasteiger charge is -2.24. The van der Waals surface area contributed by atoms with Gasteiger partial charge in [-0.25, -0.2) is 0 Å². The molecule has 0 aliphatic heterocycles. The highest BCUT2D eigenvalue weighted by atomic mass is 32.1. The fraction of sp³-hybridized carbons (Fsp3) is 0.353. The zero-order chi connectivity index (χ0) is 16.1. The molecule has 1 unspecified atom stereocenters. The van der Waals surface area contributed by atoms with E-state index in [0.29, 0.717) is 11.2 Å². The van der Waals surface area contributed by atoms with Crippen molar-refractivity contribution in [2.45, 2.75) is 19.9 Å². The molecule has 1 aromatic carbocycles. The second-order valence-electron chi connectivity index (χ2n) is 5.58. The van der Waals surface area contributed by atoms with Crippen molar-refractivity contribution in [1.82, 2.24) is 10.2 Å². The third-order valence-electron chi connectivity index (χ3n) is 3.80. The average Bonchev–Trinajstić information content (AvgIpc) is 2.98. The minimum atomic E-state index is 0.318. The van der Waals surface area contributed by atoms with Gasteiger partial charge in [-0.05, 0) is 68.8 Å². The summed E-state index contributed by atoms with van der Waals surface area (Å²) in [7, 11) is 4.18. The smallest absolute Gasteiger partial charge is 0.170 e. The molecule has 2 N–H and O–H groups in total. The van der Waals surface area contributed by atoms with Gasteiger partial charge in [0.2, 0.25) is 0 Å². The van der Waals surface area contributed by atoms with Gasteiger partial charge in [0.1, 0.15) is 0 Å². The number of nitrogens with one attached hydrogen (secondary N) is 2. The summed E-state index contributed by atoms with van der Waals surface area (Å²) in [6, 6.07) is 10.8. The van der Waals surface area contributed by atoms with Crippen LogP contribution in [0.3, 0.4) is 0 Å². The Bertz CT molecular complexity index is 621. The maximum atomic E-state index is 5.44. The van der Waals surface area contributed by atoms with E-state index >= 15 is 0 Å². The number of thiocarbonyl (C=S) groups is 1. The van der Waals surface area contributed by atoms with Crippen LogP contribution in [0, 0.1) is 13.8 Å². The molecule has 0 radical (unpaired) electrons. The molecular formula is C17H23N3S2. The molecule has 0 aliphatic carbocycles. The molecule has 2 aromatic rings. The predicted octanol–water partition coefficient (Wildman–Crippen LogP) is 3.95. The molecule has 118 valence electrons. The molecule has 0 saturated heterocycles. The molecule has 3 nitrogen and oxygen atoms in total. The van der Waals surface area contributed by atoms with E-state index in [1.807, 2.05) is 6.07 Å². The zero-order valence-corrected chi connectivity index (χ0v) is 15.1. The van der Waals surface area contributed by atoms with E-state index in [9.17, 15) is 0 Å². The van der Waals surface area contributed by atoms with Crippen LogP contribution in [0.1, 0.15) is 22.0 Å². The number of aryl methyl sites for hydroxylation is 1. The Morgan fingerprint density at radius 3 is 2.64 bits per heavy atom. The molecule has 1 heterocycles. The third-order valence-corrected chi connectivity index (χ3v) is 5.02. The van der Waals surface area contributed by atoms with Crippen LogP contribution in [0.15, 0.2) is 35.7 Å². The summed E-state index contributed by atoms with van der Waals surface area (Å²) >= 11 is 7.21. The average molecular weight is 334 g/mol. The molecule has 1 atom stereocenters. The van der Waals surface area contributed by atoms with E-state index in [-0.39, 0.29) is 0 Å². The standard InChI is InChI=1S/C17H23N3S2/c1-12-7-5-8-14(13(12)2)19-17(21)18-11-15(20(3)4)16-9-6-10-22-16/h5-10,15H,11H2,1-4H3,(H2,18,19,21). The first-order valence-corrected chi connectivity index (χ1v) is 8.58. The number of hydrogen-bond donors (Lipinski definition) is 2. The van der Waals surface area contributed by atoms with Crippen molar-refractivity contribution in [3.8, 4) is 0 Å². The van der Waals surface area contributed by atoms with E-state index in [4.69, 9.17) is 12.2 Å². The number of hydrogen-bond acceptors (Lipinski definition) is 3. The molecule has 5 heteroatoms. The Kier molecular flexibility index (Phi) is 5.94. The van der Waals surface area contributed by atoms with Crippen LogP contribution in [0.2, 0.25) is 0 Å². The SMILES string of the molecule is Cc1cccc(NC(=S)NCC(c2cccs2)N(C)C)c1C. The molecule has 0 saturated carbocycles. The summed E-state index contributed by atoms with van der Waals surface area (Å²) in [5, 5.41) is 9.40. The summed E-state index contributed by atoms with van der Waals surface area (Å²) in [4.78, 5) is 3.55. The van der Waals surface area contributed by atoms with Crippen molar-refractivity contribution in [3.05, 3.63) is 51.7 Å². The number of likely N-dealkylation sites (N-methyl/N-ethyl adjacent to an activating group) is 1. The van der Waals surface area contributed by atoms with Crippen LogP contribution in [-0.2, 0) is 0 Å². The quantitative estimate of drug-likeness (QED) is 0.810. The van der Waals surface area contributed by atoms with Gasteiger partial charge in [-0.15, -0.1) is 11.3 Å². The summed E-state index contributed by atoms with van der Waals surface area (Å²) in [6.07, 6.45) is 0. The van der Waals surface area contributed by atoms with E-state index in [0.717, 1.165) is 12.2 Å². The molecular weight excluding hydrogens is 310 g/mol. The highest BCUT2D eigenvalue weighted by molar-refractivity contribution is 7.80. The van der Waals surface area contributed by atoms with Gasteiger partial charge >= 0.3 is 0 Å². The van der Waals surface area contributed by atoms with E-state index in [2.05, 4.69) is 73.1 Å². The molecule has 0 aliphatic rings. The van der Waals surface area contributed by atoms with Crippen LogP contribution in [0.4, 0.5) is 5.69 Å². The summed E-state index contributed by atoms with van der Waals surface area (Å²) in [5.41, 5.74) is 3.56. The van der Waals surface area contributed by atoms with E-state index in [1.54, 1.807) is 11.3 Å². The van der Waals surface area contributed by atoms with Gasteiger partial charge < -0.3 is 15.5 Å². The largest absolute Gasteiger partial charge is 0.360 e. The Labute approximate surface area is 142 Å². The van der Waals surface area contributed by atoms with Crippen LogP contribution >= 0.6 is 23.6 Å². The zero-order valence-electron chi connectivity index (χ0n) is 13.5. The monoisotopic (exact) mass is 333 g/mol. The second-order valence-corrected chi connectivity index (χ2v) is 6.96. The first-order chi connectivity index (χ1) is 10.5. The molecule has 0 amide bonds. The lowest BCUT2D eigenvalue weighted by Crippen LogP contribution is -2.36. The summed E-state index contributed by atoms with van der Waals surface area (Å²) in [5.74, 6) is 0. The van der Waals surface area contributed by atoms with Crippen molar-refractivity contribution < 1.29 is 0 Å². The van der Waals surface area contributed by atoms with Gasteiger partial charge in [0.15, 0.2) is 5.11 Å². The topological polar surface area (TPSA) is 27.3 Å². The number of nitrogens with zero attached hydrogens (tertiary/aromatic N) is 1. The summed E-state index contributed by atoms with van der Waals surface area (Å²) < 4.78 is 0. The van der Waals surface area contributed by atoms with Crippen LogP contribution in [-0.4, -0.2) is 30.7 Å². The van der Waals surface area contributed by atoms with Gasteiger partial charge in [-0.2, -0.15) is 0 Å². The van der Waals surface area contributed by atoms with Gasteiger partial charge in [-0.1, -0.05) is 18.2 Å². The van der Waals surface area contributed by atoms with Gasteiger partial charge in [0.05, 0.1) is 6.04 Å². The highest BCUT2D eigenvalue weighted by Crippen LogP contribution is 2.22. The second kappa shape index (κ2) is 7.72. The Morgan fingerprint density at radius 1 is 1.23 bits per heavy atom. The van der Waals surface area contributed by atoms with Gasteiger partial charge in [0, 0.05) is 17.1 Å².